The number of benzene rings is 3. The van der Waals surface area contributed by atoms with Gasteiger partial charge in [-0.25, -0.2) is 4.79 Å². The van der Waals surface area contributed by atoms with Crippen molar-refractivity contribution in [2.24, 2.45) is 0 Å². The van der Waals surface area contributed by atoms with Crippen molar-refractivity contribution in [3.8, 4) is 5.75 Å². The fraction of sp³-hybridized carbons (Fsp3) is 0.0952. The van der Waals surface area contributed by atoms with Crippen molar-refractivity contribution in [1.82, 2.24) is 0 Å². The highest BCUT2D eigenvalue weighted by molar-refractivity contribution is 5.95. The van der Waals surface area contributed by atoms with Crippen LogP contribution in [-0.4, -0.2) is 16.2 Å². The van der Waals surface area contributed by atoms with Crippen LogP contribution < -0.4 is 5.32 Å². The van der Waals surface area contributed by atoms with Gasteiger partial charge in [0.25, 0.3) is 0 Å². The molecule has 0 aromatic heterocycles. The summed E-state index contributed by atoms with van der Waals surface area (Å²) in [7, 11) is 0. The zero-order valence-corrected chi connectivity index (χ0v) is 13.6. The van der Waals surface area contributed by atoms with Gasteiger partial charge >= 0.3 is 5.97 Å². The van der Waals surface area contributed by atoms with E-state index in [4.69, 9.17) is 0 Å². The summed E-state index contributed by atoms with van der Waals surface area (Å²) >= 11 is 0. The van der Waals surface area contributed by atoms with E-state index in [2.05, 4.69) is 5.32 Å². The Labute approximate surface area is 146 Å². The van der Waals surface area contributed by atoms with Crippen LogP contribution in [0.3, 0.4) is 0 Å². The molecule has 0 bridgehead atoms. The predicted octanol–water partition coefficient (Wildman–Crippen LogP) is 4.62. The van der Waals surface area contributed by atoms with Gasteiger partial charge in [-0.15, -0.1) is 0 Å². The average molecular weight is 333 g/mol. The first kappa shape index (κ1) is 16.6. The van der Waals surface area contributed by atoms with E-state index in [1.54, 1.807) is 30.3 Å². The molecule has 0 unspecified atom stereocenters. The van der Waals surface area contributed by atoms with Gasteiger partial charge in [0.2, 0.25) is 0 Å². The van der Waals surface area contributed by atoms with E-state index in [9.17, 15) is 15.0 Å². The standard InChI is InChI=1S/C21H19NO3/c23-20-8-4-1-5-16(20)12-9-15-10-13-17(14-11-15)22-19-7-3-2-6-18(19)21(24)25/h1-8,10-11,13-14,22-23H,9,12H2,(H,24,25). The Kier molecular flexibility index (Phi) is 5.00. The number of nitrogens with one attached hydrogen (secondary N) is 1. The van der Waals surface area contributed by atoms with E-state index in [1.165, 1.54) is 0 Å². The first-order valence-corrected chi connectivity index (χ1v) is 8.08. The normalized spacial score (nSPS) is 10.4. The number of phenolic OH excluding ortho intramolecular Hbond substituents is 1. The molecule has 0 saturated heterocycles. The summed E-state index contributed by atoms with van der Waals surface area (Å²) in [5.74, 6) is -0.631. The quantitative estimate of drug-likeness (QED) is 0.616. The highest BCUT2D eigenvalue weighted by Gasteiger charge is 2.09. The van der Waals surface area contributed by atoms with Crippen LogP contribution in [0.15, 0.2) is 72.8 Å². The topological polar surface area (TPSA) is 69.6 Å². The molecule has 3 aromatic carbocycles. The lowest BCUT2D eigenvalue weighted by molar-refractivity contribution is 0.0698. The number of phenols is 1. The fourth-order valence-corrected chi connectivity index (χ4v) is 2.69. The van der Waals surface area contributed by atoms with Crippen LogP contribution in [0.4, 0.5) is 11.4 Å². The molecule has 0 heterocycles. The number of aromatic hydroxyl groups is 1. The highest BCUT2D eigenvalue weighted by atomic mass is 16.4. The minimum absolute atomic E-state index is 0.242. The summed E-state index contributed by atoms with van der Waals surface area (Å²) in [6.07, 6.45) is 1.59. The summed E-state index contributed by atoms with van der Waals surface area (Å²) in [5, 5.41) is 22.2. The molecule has 126 valence electrons. The Morgan fingerprint density at radius 2 is 1.52 bits per heavy atom. The lowest BCUT2D eigenvalue weighted by Gasteiger charge is -2.10. The van der Waals surface area contributed by atoms with Crippen molar-refractivity contribution in [2.75, 3.05) is 5.32 Å². The number of aromatic carboxylic acids is 1. The molecule has 0 atom stereocenters. The molecule has 0 aliphatic rings. The van der Waals surface area contributed by atoms with Crippen LogP contribution in [0.5, 0.6) is 5.75 Å². The number of anilines is 2. The molecular formula is C21H19NO3. The smallest absolute Gasteiger partial charge is 0.337 e. The van der Waals surface area contributed by atoms with E-state index in [0.29, 0.717) is 11.4 Å². The molecule has 0 aliphatic carbocycles. The maximum atomic E-state index is 11.3. The van der Waals surface area contributed by atoms with E-state index in [0.717, 1.165) is 29.7 Å². The van der Waals surface area contributed by atoms with Crippen molar-refractivity contribution in [2.45, 2.75) is 12.8 Å². The Balaban J connectivity index is 1.67. The summed E-state index contributed by atoms with van der Waals surface area (Å²) in [5.41, 5.74) is 3.73. The lowest BCUT2D eigenvalue weighted by atomic mass is 10.0. The number of para-hydroxylation sites is 2. The van der Waals surface area contributed by atoms with Crippen molar-refractivity contribution in [3.05, 3.63) is 89.5 Å². The Hall–Kier alpha value is -3.27. The molecule has 0 amide bonds. The average Bonchev–Trinajstić information content (AvgIpc) is 2.62. The van der Waals surface area contributed by atoms with E-state index < -0.39 is 5.97 Å². The first-order chi connectivity index (χ1) is 12.1. The maximum Gasteiger partial charge on any atom is 0.337 e. The molecule has 3 rings (SSSR count). The molecule has 0 radical (unpaired) electrons. The summed E-state index contributed by atoms with van der Waals surface area (Å²) in [6.45, 7) is 0. The van der Waals surface area contributed by atoms with Crippen molar-refractivity contribution in [1.29, 1.82) is 0 Å². The van der Waals surface area contributed by atoms with Gasteiger partial charge in [0.1, 0.15) is 5.75 Å². The minimum Gasteiger partial charge on any atom is -0.508 e. The Morgan fingerprint density at radius 1 is 0.840 bits per heavy atom. The van der Waals surface area contributed by atoms with Gasteiger partial charge in [0, 0.05) is 5.69 Å². The van der Waals surface area contributed by atoms with Gasteiger partial charge in [-0.2, -0.15) is 0 Å². The monoisotopic (exact) mass is 333 g/mol. The van der Waals surface area contributed by atoms with Crippen LogP contribution in [-0.2, 0) is 12.8 Å². The SMILES string of the molecule is O=C(O)c1ccccc1Nc1ccc(CCc2ccccc2O)cc1. The first-order valence-electron chi connectivity index (χ1n) is 8.08. The molecule has 0 spiro atoms. The van der Waals surface area contributed by atoms with Gasteiger partial charge in [0.15, 0.2) is 0 Å². The molecule has 4 nitrogen and oxygen atoms in total. The summed E-state index contributed by atoms with van der Waals surface area (Å²) in [4.78, 5) is 11.3. The van der Waals surface area contributed by atoms with Crippen molar-refractivity contribution in [3.63, 3.8) is 0 Å². The third-order valence-corrected chi connectivity index (χ3v) is 4.07. The van der Waals surface area contributed by atoms with Crippen molar-refractivity contribution >= 4 is 17.3 Å². The second kappa shape index (κ2) is 7.53. The molecule has 0 saturated carbocycles. The number of carbonyl (C=O) groups is 1. The van der Waals surface area contributed by atoms with Crippen LogP contribution in [0.2, 0.25) is 0 Å². The van der Waals surface area contributed by atoms with Crippen LogP contribution in [0.1, 0.15) is 21.5 Å². The van der Waals surface area contributed by atoms with Gasteiger partial charge in [-0.1, -0.05) is 42.5 Å². The van der Waals surface area contributed by atoms with Crippen LogP contribution >= 0.6 is 0 Å². The van der Waals surface area contributed by atoms with Gasteiger partial charge < -0.3 is 15.5 Å². The molecule has 0 fully saturated rings. The maximum absolute atomic E-state index is 11.3. The molecule has 3 N–H and O–H groups in total. The van der Waals surface area contributed by atoms with Gasteiger partial charge in [-0.3, -0.25) is 0 Å². The van der Waals surface area contributed by atoms with Crippen LogP contribution in [0, 0.1) is 0 Å². The Bertz CT molecular complexity index is 872. The van der Waals surface area contributed by atoms with E-state index in [-0.39, 0.29) is 5.56 Å². The lowest BCUT2D eigenvalue weighted by Crippen LogP contribution is -2.02. The third-order valence-electron chi connectivity index (χ3n) is 4.07. The van der Waals surface area contributed by atoms with E-state index >= 15 is 0 Å². The largest absolute Gasteiger partial charge is 0.508 e. The Morgan fingerprint density at radius 3 is 2.24 bits per heavy atom. The fourth-order valence-electron chi connectivity index (χ4n) is 2.69. The molecule has 3 aromatic rings. The zero-order chi connectivity index (χ0) is 17.6. The number of carboxylic acid groups (broad SMARTS) is 1. The summed E-state index contributed by atoms with van der Waals surface area (Å²) in [6, 6.07) is 22.1. The molecule has 0 aliphatic heterocycles. The predicted molar refractivity (Wildman–Crippen MR) is 98.6 cm³/mol. The van der Waals surface area contributed by atoms with Crippen LogP contribution in [0.25, 0.3) is 0 Å². The third kappa shape index (κ3) is 4.18. The van der Waals surface area contributed by atoms with E-state index in [1.807, 2.05) is 42.5 Å². The number of hydrogen-bond acceptors (Lipinski definition) is 3. The zero-order valence-electron chi connectivity index (χ0n) is 13.6. The molecule has 4 heteroatoms. The summed E-state index contributed by atoms with van der Waals surface area (Å²) < 4.78 is 0. The number of hydrogen-bond donors (Lipinski definition) is 3. The van der Waals surface area contributed by atoms with Gasteiger partial charge in [0.05, 0.1) is 11.3 Å². The minimum atomic E-state index is -0.956. The molecular weight excluding hydrogens is 314 g/mol. The second-order valence-corrected chi connectivity index (χ2v) is 5.80. The second-order valence-electron chi connectivity index (χ2n) is 5.80. The highest BCUT2D eigenvalue weighted by Crippen LogP contribution is 2.22. The van der Waals surface area contributed by atoms with Crippen molar-refractivity contribution < 1.29 is 15.0 Å². The molecule has 25 heavy (non-hydrogen) atoms. The van der Waals surface area contributed by atoms with Gasteiger partial charge in [-0.05, 0) is 54.3 Å². The number of aryl methyl sites for hydroxylation is 2. The number of rotatable bonds is 6. The number of carboxylic acids is 1.